The Bertz CT molecular complexity index is 633. The zero-order valence-corrected chi connectivity index (χ0v) is 12.7. The van der Waals surface area contributed by atoms with Crippen molar-refractivity contribution in [2.24, 2.45) is 0 Å². The molecule has 21 heavy (non-hydrogen) atoms. The summed E-state index contributed by atoms with van der Waals surface area (Å²) < 4.78 is 0. The Kier molecular flexibility index (Phi) is 3.72. The molecule has 1 fully saturated rings. The average molecular weight is 305 g/mol. The summed E-state index contributed by atoms with van der Waals surface area (Å²) in [7, 11) is 0. The fourth-order valence-corrected chi connectivity index (χ4v) is 3.20. The molecular formula is C16H17ClN2O2. The summed E-state index contributed by atoms with van der Waals surface area (Å²) in [5.41, 5.74) is 1.85. The van der Waals surface area contributed by atoms with Gasteiger partial charge in [-0.1, -0.05) is 29.8 Å². The number of amides is 2. The summed E-state index contributed by atoms with van der Waals surface area (Å²) in [6.45, 7) is 3.45. The summed E-state index contributed by atoms with van der Waals surface area (Å²) in [6, 6.07) is 7.34. The summed E-state index contributed by atoms with van der Waals surface area (Å²) >= 11 is 6.18. The molecule has 3 rings (SSSR count). The first-order valence-electron chi connectivity index (χ1n) is 7.20. The van der Waals surface area contributed by atoms with Gasteiger partial charge < -0.3 is 4.90 Å². The average Bonchev–Trinajstić information content (AvgIpc) is 2.71. The molecule has 0 unspecified atom stereocenters. The van der Waals surface area contributed by atoms with Crippen molar-refractivity contribution in [2.45, 2.75) is 26.2 Å². The minimum Gasteiger partial charge on any atom is -0.366 e. The molecule has 0 atom stereocenters. The third kappa shape index (κ3) is 2.33. The van der Waals surface area contributed by atoms with Crippen LogP contribution >= 0.6 is 11.6 Å². The number of para-hydroxylation sites is 1. The van der Waals surface area contributed by atoms with Crippen molar-refractivity contribution < 1.29 is 9.59 Å². The number of likely N-dealkylation sites (tertiary alicyclic amines) is 1. The summed E-state index contributed by atoms with van der Waals surface area (Å²) in [5, 5.41) is 0.0464. The van der Waals surface area contributed by atoms with Crippen LogP contribution in [0.25, 0.3) is 0 Å². The molecule has 0 bridgehead atoms. The number of aryl methyl sites for hydroxylation is 1. The number of halogens is 1. The van der Waals surface area contributed by atoms with Crippen LogP contribution in [-0.4, -0.2) is 29.8 Å². The van der Waals surface area contributed by atoms with E-state index in [0.29, 0.717) is 11.4 Å². The predicted molar refractivity (Wildman–Crippen MR) is 82.0 cm³/mol. The van der Waals surface area contributed by atoms with E-state index in [9.17, 15) is 9.59 Å². The van der Waals surface area contributed by atoms with Gasteiger partial charge >= 0.3 is 0 Å². The number of imide groups is 1. The highest BCUT2D eigenvalue weighted by molar-refractivity contribution is 6.52. The van der Waals surface area contributed by atoms with Gasteiger partial charge in [0.05, 0.1) is 5.69 Å². The van der Waals surface area contributed by atoms with Crippen LogP contribution in [0.15, 0.2) is 35.0 Å². The monoisotopic (exact) mass is 304 g/mol. The maximum Gasteiger partial charge on any atom is 0.283 e. The molecule has 1 saturated heterocycles. The molecule has 2 heterocycles. The zero-order chi connectivity index (χ0) is 15.0. The molecule has 1 aromatic rings. The summed E-state index contributed by atoms with van der Waals surface area (Å²) in [4.78, 5) is 28.3. The highest BCUT2D eigenvalue weighted by Crippen LogP contribution is 2.33. The number of rotatable bonds is 2. The second-order valence-electron chi connectivity index (χ2n) is 5.44. The van der Waals surface area contributed by atoms with Gasteiger partial charge in [0.1, 0.15) is 10.7 Å². The van der Waals surface area contributed by atoms with Crippen LogP contribution < -0.4 is 4.90 Å². The van der Waals surface area contributed by atoms with E-state index in [4.69, 9.17) is 11.6 Å². The molecule has 2 aliphatic rings. The van der Waals surface area contributed by atoms with E-state index in [1.807, 2.05) is 30.0 Å². The summed E-state index contributed by atoms with van der Waals surface area (Å²) in [5.74, 6) is -0.724. The minimum atomic E-state index is -0.420. The van der Waals surface area contributed by atoms with Crippen molar-refractivity contribution in [3.05, 3.63) is 40.6 Å². The highest BCUT2D eigenvalue weighted by Gasteiger charge is 2.41. The Labute approximate surface area is 129 Å². The Balaban J connectivity index is 1.96. The number of hydrogen-bond acceptors (Lipinski definition) is 3. The van der Waals surface area contributed by atoms with Crippen molar-refractivity contribution in [1.29, 1.82) is 0 Å². The standard InChI is InChI=1S/C16H17ClN2O2/c1-11-7-3-4-8-12(11)19-15(20)13(17)14(16(19)21)18-9-5-2-6-10-18/h3-4,7-8H,2,5-6,9-10H2,1H3. The number of anilines is 1. The van der Waals surface area contributed by atoms with Gasteiger partial charge in [-0.05, 0) is 37.8 Å². The van der Waals surface area contributed by atoms with E-state index in [0.717, 1.165) is 37.9 Å². The fourth-order valence-electron chi connectivity index (χ4n) is 2.92. The van der Waals surface area contributed by atoms with Gasteiger partial charge in [0.2, 0.25) is 0 Å². The van der Waals surface area contributed by atoms with Crippen LogP contribution in [0.5, 0.6) is 0 Å². The molecule has 2 amide bonds. The van der Waals surface area contributed by atoms with Crippen molar-refractivity contribution in [3.63, 3.8) is 0 Å². The molecule has 0 spiro atoms. The van der Waals surface area contributed by atoms with Crippen molar-refractivity contribution in [2.75, 3.05) is 18.0 Å². The van der Waals surface area contributed by atoms with E-state index in [1.54, 1.807) is 6.07 Å². The lowest BCUT2D eigenvalue weighted by Gasteiger charge is -2.29. The summed E-state index contributed by atoms with van der Waals surface area (Å²) in [6.07, 6.45) is 3.21. The Hall–Kier alpha value is -1.81. The number of hydrogen-bond donors (Lipinski definition) is 0. The van der Waals surface area contributed by atoms with Gasteiger partial charge in [-0.15, -0.1) is 0 Å². The maximum atomic E-state index is 12.7. The second-order valence-corrected chi connectivity index (χ2v) is 5.82. The maximum absolute atomic E-state index is 12.7. The van der Waals surface area contributed by atoms with Crippen LogP contribution in [0, 0.1) is 6.92 Å². The molecule has 4 nitrogen and oxygen atoms in total. The number of nitrogens with zero attached hydrogens (tertiary/aromatic N) is 2. The predicted octanol–water partition coefficient (Wildman–Crippen LogP) is 2.80. The molecular weight excluding hydrogens is 288 g/mol. The molecule has 0 N–H and O–H groups in total. The molecule has 2 aliphatic heterocycles. The molecule has 0 aliphatic carbocycles. The van der Waals surface area contributed by atoms with Gasteiger partial charge in [-0.2, -0.15) is 0 Å². The topological polar surface area (TPSA) is 40.6 Å². The molecule has 0 saturated carbocycles. The van der Waals surface area contributed by atoms with E-state index < -0.39 is 5.91 Å². The van der Waals surface area contributed by atoms with Gasteiger partial charge in [0.25, 0.3) is 11.8 Å². The molecule has 1 aromatic carbocycles. The number of benzene rings is 1. The lowest BCUT2D eigenvalue weighted by Crippen LogP contribution is -2.37. The van der Waals surface area contributed by atoms with Crippen LogP contribution in [0.3, 0.4) is 0 Å². The van der Waals surface area contributed by atoms with Crippen molar-refractivity contribution >= 4 is 29.1 Å². The smallest absolute Gasteiger partial charge is 0.283 e. The lowest BCUT2D eigenvalue weighted by molar-refractivity contribution is -0.121. The Morgan fingerprint density at radius 1 is 1.00 bits per heavy atom. The van der Waals surface area contributed by atoms with Gasteiger partial charge in [0, 0.05) is 13.1 Å². The van der Waals surface area contributed by atoms with Crippen LogP contribution in [0.4, 0.5) is 5.69 Å². The molecule has 110 valence electrons. The van der Waals surface area contributed by atoms with Crippen molar-refractivity contribution in [3.8, 4) is 0 Å². The Morgan fingerprint density at radius 2 is 1.67 bits per heavy atom. The largest absolute Gasteiger partial charge is 0.366 e. The molecule has 0 radical (unpaired) electrons. The zero-order valence-electron chi connectivity index (χ0n) is 11.9. The van der Waals surface area contributed by atoms with E-state index in [-0.39, 0.29) is 10.9 Å². The number of piperidine rings is 1. The van der Waals surface area contributed by atoms with Crippen molar-refractivity contribution in [1.82, 2.24) is 4.90 Å². The number of carbonyl (C=O) groups excluding carboxylic acids is 2. The van der Waals surface area contributed by atoms with Gasteiger partial charge in [-0.3, -0.25) is 9.59 Å². The van der Waals surface area contributed by atoms with Crippen LogP contribution in [0.2, 0.25) is 0 Å². The van der Waals surface area contributed by atoms with E-state index in [2.05, 4.69) is 0 Å². The van der Waals surface area contributed by atoms with Gasteiger partial charge in [-0.25, -0.2) is 4.90 Å². The third-order valence-corrected chi connectivity index (χ3v) is 4.37. The fraction of sp³-hybridized carbons (Fsp3) is 0.375. The first kappa shape index (κ1) is 14.1. The quantitative estimate of drug-likeness (QED) is 0.789. The van der Waals surface area contributed by atoms with E-state index >= 15 is 0 Å². The molecule has 0 aromatic heterocycles. The highest BCUT2D eigenvalue weighted by atomic mass is 35.5. The third-order valence-electron chi connectivity index (χ3n) is 4.03. The SMILES string of the molecule is Cc1ccccc1N1C(=O)C(Cl)=C(N2CCCCC2)C1=O. The first-order chi connectivity index (χ1) is 10.1. The molecule has 5 heteroatoms. The minimum absolute atomic E-state index is 0.0464. The first-order valence-corrected chi connectivity index (χ1v) is 7.58. The Morgan fingerprint density at radius 3 is 2.33 bits per heavy atom. The van der Waals surface area contributed by atoms with Crippen LogP contribution in [-0.2, 0) is 9.59 Å². The van der Waals surface area contributed by atoms with E-state index in [1.165, 1.54) is 4.90 Å². The number of carbonyl (C=O) groups is 2. The van der Waals surface area contributed by atoms with Crippen LogP contribution in [0.1, 0.15) is 24.8 Å². The normalized spacial score (nSPS) is 19.7. The second kappa shape index (κ2) is 5.53. The van der Waals surface area contributed by atoms with Gasteiger partial charge in [0.15, 0.2) is 0 Å². The lowest BCUT2D eigenvalue weighted by atomic mass is 10.1.